The van der Waals surface area contributed by atoms with Crippen molar-refractivity contribution in [1.29, 1.82) is 0 Å². The number of nitrogens with zero attached hydrogens (tertiary/aromatic N) is 2. The van der Waals surface area contributed by atoms with Gasteiger partial charge in [-0.15, -0.1) is 0 Å². The molecule has 344 valence electrons. The standard InChI is InChI=1S/C30H33N3O2.C26H27N3O2S/c1-29(2,3)22-15-11-20(12-16-22)13-18-27-31-25-17-14-21(19-26(25)32-27)23-9-7-8-10-24(23)33-28(34)35-30(4,5)6;1-26(2,3)20-13-9-18(10-14-20)11-16-25-27-23-15-12-19(17-24(23)28-25)21-7-5-6-8-22(21)29-32(4,30)31/h7-19H,1-6H3,(H,31,32)(H,33,34);5-17,29H,1-4H3,(H,27,28)/b18-13+;16-11+. The van der Waals surface area contributed by atoms with Crippen LogP contribution in [0.2, 0.25) is 0 Å². The zero-order valence-electron chi connectivity index (χ0n) is 39.9. The van der Waals surface area contributed by atoms with E-state index in [4.69, 9.17) is 9.72 Å². The van der Waals surface area contributed by atoms with Crippen molar-refractivity contribution in [3.8, 4) is 22.3 Å². The molecule has 67 heavy (non-hydrogen) atoms. The van der Waals surface area contributed by atoms with E-state index in [-0.39, 0.29) is 10.8 Å². The first-order valence-corrected chi connectivity index (χ1v) is 24.2. The van der Waals surface area contributed by atoms with E-state index in [0.29, 0.717) is 11.4 Å². The molecule has 1 amide bonds. The highest BCUT2D eigenvalue weighted by molar-refractivity contribution is 7.92. The van der Waals surface area contributed by atoms with E-state index in [9.17, 15) is 13.2 Å². The third kappa shape index (κ3) is 13.0. The van der Waals surface area contributed by atoms with Crippen molar-refractivity contribution < 1.29 is 17.9 Å². The number of anilines is 2. The summed E-state index contributed by atoms with van der Waals surface area (Å²) in [4.78, 5) is 28.4. The van der Waals surface area contributed by atoms with Gasteiger partial charge in [0, 0.05) is 11.1 Å². The van der Waals surface area contributed by atoms with E-state index in [1.807, 2.05) is 118 Å². The van der Waals surface area contributed by atoms with E-state index in [2.05, 4.69) is 121 Å². The maximum Gasteiger partial charge on any atom is 0.412 e. The van der Waals surface area contributed by atoms with Crippen molar-refractivity contribution >= 4 is 73.9 Å². The molecule has 6 aromatic carbocycles. The van der Waals surface area contributed by atoms with E-state index in [1.165, 1.54) is 11.1 Å². The number of rotatable bonds is 9. The van der Waals surface area contributed by atoms with Crippen molar-refractivity contribution in [2.75, 3.05) is 16.3 Å². The van der Waals surface area contributed by atoms with Gasteiger partial charge in [-0.05, 0) is 114 Å². The van der Waals surface area contributed by atoms with Gasteiger partial charge in [-0.25, -0.2) is 23.2 Å². The van der Waals surface area contributed by atoms with E-state index >= 15 is 0 Å². The number of carbonyl (C=O) groups is 1. The number of para-hydroxylation sites is 2. The molecule has 0 aliphatic carbocycles. The summed E-state index contributed by atoms with van der Waals surface area (Å²) in [6.45, 7) is 18.8. The van der Waals surface area contributed by atoms with Crippen LogP contribution in [0.1, 0.15) is 96.2 Å². The van der Waals surface area contributed by atoms with Gasteiger partial charge in [0.05, 0.1) is 39.7 Å². The van der Waals surface area contributed by atoms with Gasteiger partial charge in [-0.2, -0.15) is 0 Å². The maximum atomic E-state index is 12.3. The average molecular weight is 913 g/mol. The molecule has 0 atom stereocenters. The van der Waals surface area contributed by atoms with Crippen molar-refractivity contribution in [2.24, 2.45) is 0 Å². The van der Waals surface area contributed by atoms with E-state index in [1.54, 1.807) is 6.07 Å². The van der Waals surface area contributed by atoms with Crippen molar-refractivity contribution in [3.05, 3.63) is 167 Å². The maximum absolute atomic E-state index is 12.3. The summed E-state index contributed by atoms with van der Waals surface area (Å²) in [5.74, 6) is 1.55. The Hall–Kier alpha value is -7.24. The summed E-state index contributed by atoms with van der Waals surface area (Å²) in [5.41, 5.74) is 13.0. The smallest absolute Gasteiger partial charge is 0.412 e. The Balaban J connectivity index is 0.000000200. The average Bonchev–Trinajstić information content (AvgIpc) is 3.87. The van der Waals surface area contributed by atoms with Crippen molar-refractivity contribution in [1.82, 2.24) is 19.9 Å². The Morgan fingerprint density at radius 2 is 0.970 bits per heavy atom. The van der Waals surface area contributed by atoms with Crippen LogP contribution in [0, 0.1) is 0 Å². The number of nitrogens with one attached hydrogen (secondary N) is 4. The highest BCUT2D eigenvalue weighted by atomic mass is 32.2. The van der Waals surface area contributed by atoms with Crippen LogP contribution in [0.5, 0.6) is 0 Å². The van der Waals surface area contributed by atoms with Gasteiger partial charge in [0.25, 0.3) is 0 Å². The number of aromatic amines is 2. The van der Waals surface area contributed by atoms with E-state index in [0.717, 1.165) is 73.4 Å². The molecule has 4 N–H and O–H groups in total. The summed E-state index contributed by atoms with van der Waals surface area (Å²) >= 11 is 0. The highest BCUT2D eigenvalue weighted by Crippen LogP contribution is 2.33. The topological polar surface area (TPSA) is 142 Å². The Morgan fingerprint density at radius 3 is 1.39 bits per heavy atom. The first kappa shape index (κ1) is 47.7. The second-order valence-electron chi connectivity index (χ2n) is 19.7. The van der Waals surface area contributed by atoms with Gasteiger partial charge < -0.3 is 14.7 Å². The zero-order chi connectivity index (χ0) is 48.1. The van der Waals surface area contributed by atoms with Crippen LogP contribution >= 0.6 is 0 Å². The quantitative estimate of drug-likeness (QED) is 0.114. The van der Waals surface area contributed by atoms with Crippen LogP contribution in [0.3, 0.4) is 0 Å². The second kappa shape index (κ2) is 19.3. The Kier molecular flexibility index (Phi) is 13.8. The minimum Gasteiger partial charge on any atom is -0.444 e. The van der Waals surface area contributed by atoms with Crippen LogP contribution in [0.25, 0.3) is 68.6 Å². The first-order chi connectivity index (χ1) is 31.6. The summed E-state index contributed by atoms with van der Waals surface area (Å²) in [5, 5.41) is 2.87. The third-order valence-electron chi connectivity index (χ3n) is 10.8. The first-order valence-electron chi connectivity index (χ1n) is 22.3. The number of benzene rings is 6. The van der Waals surface area contributed by atoms with E-state index < -0.39 is 21.7 Å². The molecule has 8 rings (SSSR count). The molecular formula is C56H60N6O4S. The molecule has 0 unspecified atom stereocenters. The van der Waals surface area contributed by atoms with Crippen LogP contribution < -0.4 is 10.0 Å². The number of hydrogen-bond donors (Lipinski definition) is 4. The number of amides is 1. The number of aromatic nitrogens is 4. The lowest BCUT2D eigenvalue weighted by Crippen LogP contribution is -2.27. The fourth-order valence-electron chi connectivity index (χ4n) is 7.37. The fourth-order valence-corrected chi connectivity index (χ4v) is 7.95. The fraction of sp³-hybridized carbons (Fsp3) is 0.232. The predicted molar refractivity (Wildman–Crippen MR) is 280 cm³/mol. The molecular weight excluding hydrogens is 853 g/mol. The molecule has 0 radical (unpaired) electrons. The van der Waals surface area contributed by atoms with Crippen LogP contribution in [-0.2, 0) is 25.6 Å². The molecule has 11 heteroatoms. The molecule has 0 fully saturated rings. The molecule has 10 nitrogen and oxygen atoms in total. The zero-order valence-corrected chi connectivity index (χ0v) is 40.8. The molecule has 2 aromatic heterocycles. The SMILES string of the molecule is CC(C)(C)OC(=O)Nc1ccccc1-c1ccc2nc(/C=C/c3ccc(C(C)(C)C)cc3)[nH]c2c1.CC(C)(C)c1ccc(/C=C/c2nc3ccc(-c4ccccc4NS(C)(=O)=O)cc3[nH]2)cc1. The molecule has 0 saturated carbocycles. The molecule has 2 heterocycles. The Morgan fingerprint density at radius 1 is 0.552 bits per heavy atom. The number of imidazole rings is 2. The summed E-state index contributed by atoms with van der Waals surface area (Å²) < 4.78 is 31.4. The molecule has 0 aliphatic heterocycles. The van der Waals surface area contributed by atoms with Gasteiger partial charge in [0.15, 0.2) is 0 Å². The second-order valence-corrected chi connectivity index (χ2v) is 21.5. The van der Waals surface area contributed by atoms with Gasteiger partial charge in [0.2, 0.25) is 10.0 Å². The molecule has 0 saturated heterocycles. The van der Waals surface area contributed by atoms with Crippen molar-refractivity contribution in [3.63, 3.8) is 0 Å². The Bertz CT molecular complexity index is 3200. The lowest BCUT2D eigenvalue weighted by atomic mass is 9.87. The summed E-state index contributed by atoms with van der Waals surface area (Å²) in [6, 6.07) is 44.1. The van der Waals surface area contributed by atoms with Crippen LogP contribution in [0.15, 0.2) is 133 Å². The number of fused-ring (bicyclic) bond motifs is 2. The minimum atomic E-state index is -3.37. The third-order valence-corrected chi connectivity index (χ3v) is 11.4. The number of hydrogen-bond acceptors (Lipinski definition) is 6. The van der Waals surface area contributed by atoms with Crippen molar-refractivity contribution in [2.45, 2.75) is 78.7 Å². The highest BCUT2D eigenvalue weighted by Gasteiger charge is 2.18. The normalized spacial score (nSPS) is 12.4. The lowest BCUT2D eigenvalue weighted by molar-refractivity contribution is 0.0636. The molecule has 0 spiro atoms. The summed E-state index contributed by atoms with van der Waals surface area (Å²) in [6.07, 6.45) is 8.73. The number of sulfonamides is 1. The predicted octanol–water partition coefficient (Wildman–Crippen LogP) is 14.1. The molecule has 0 bridgehead atoms. The Labute approximate surface area is 394 Å². The van der Waals surface area contributed by atoms with Gasteiger partial charge in [0.1, 0.15) is 17.2 Å². The number of H-pyrrole nitrogens is 2. The largest absolute Gasteiger partial charge is 0.444 e. The molecule has 0 aliphatic rings. The van der Waals surface area contributed by atoms with Gasteiger partial charge in [-0.3, -0.25) is 10.0 Å². The molecule has 8 aromatic rings. The lowest BCUT2D eigenvalue weighted by Gasteiger charge is -2.20. The van der Waals surface area contributed by atoms with Crippen LogP contribution in [0.4, 0.5) is 16.2 Å². The number of ether oxygens (including phenoxy) is 1. The van der Waals surface area contributed by atoms with Gasteiger partial charge in [-0.1, -0.05) is 151 Å². The summed E-state index contributed by atoms with van der Waals surface area (Å²) in [7, 11) is -3.37. The van der Waals surface area contributed by atoms with Crippen LogP contribution in [-0.4, -0.2) is 46.3 Å². The monoisotopic (exact) mass is 912 g/mol. The number of carbonyl (C=O) groups excluding carboxylic acids is 1. The van der Waals surface area contributed by atoms with Gasteiger partial charge >= 0.3 is 6.09 Å². The minimum absolute atomic E-state index is 0.133.